The highest BCUT2D eigenvalue weighted by molar-refractivity contribution is 5.83. The number of hydrogen-bond acceptors (Lipinski definition) is 1. The van der Waals surface area contributed by atoms with Gasteiger partial charge < -0.3 is 0 Å². The Bertz CT molecular complexity index is 412. The molecule has 1 atom stereocenters. The summed E-state index contributed by atoms with van der Waals surface area (Å²) >= 11 is 0. The van der Waals surface area contributed by atoms with Gasteiger partial charge in [0.05, 0.1) is 0 Å². The molecule has 1 nitrogen and oxygen atoms in total. The van der Waals surface area contributed by atoms with Crippen molar-refractivity contribution < 1.29 is 4.79 Å². The molecule has 1 aromatic carbocycles. The van der Waals surface area contributed by atoms with Crippen LogP contribution < -0.4 is 0 Å². The fraction of sp³-hybridized carbons (Fsp3) is 0.632. The summed E-state index contributed by atoms with van der Waals surface area (Å²) in [6.07, 6.45) is 1.87. The Hall–Kier alpha value is -1.11. The summed E-state index contributed by atoms with van der Waals surface area (Å²) in [5, 5.41) is 0. The number of hydrogen-bond donors (Lipinski definition) is 0. The summed E-state index contributed by atoms with van der Waals surface area (Å²) in [6, 6.07) is 8.78. The van der Waals surface area contributed by atoms with Crippen molar-refractivity contribution in [3.8, 4) is 0 Å². The Labute approximate surface area is 124 Å². The van der Waals surface area contributed by atoms with Gasteiger partial charge in [0.15, 0.2) is 0 Å². The minimum atomic E-state index is 0.133. The highest BCUT2D eigenvalue weighted by atomic mass is 16.1. The Morgan fingerprint density at radius 3 is 1.90 bits per heavy atom. The van der Waals surface area contributed by atoms with Crippen molar-refractivity contribution in [3.63, 3.8) is 0 Å². The molecule has 0 aliphatic heterocycles. The van der Waals surface area contributed by atoms with E-state index in [9.17, 15) is 4.79 Å². The first-order valence-corrected chi connectivity index (χ1v) is 7.93. The molecule has 0 spiro atoms. The van der Waals surface area contributed by atoms with E-state index in [2.05, 4.69) is 52.0 Å². The molecule has 0 radical (unpaired) electrons. The Balaban J connectivity index is 2.81. The summed E-state index contributed by atoms with van der Waals surface area (Å²) in [5.41, 5.74) is 2.65. The molecule has 0 aromatic heterocycles. The Morgan fingerprint density at radius 2 is 1.50 bits per heavy atom. The van der Waals surface area contributed by atoms with Gasteiger partial charge in [-0.1, -0.05) is 65.8 Å². The molecule has 1 rings (SSSR count). The van der Waals surface area contributed by atoms with Gasteiger partial charge >= 0.3 is 0 Å². The zero-order chi connectivity index (χ0) is 15.3. The summed E-state index contributed by atoms with van der Waals surface area (Å²) in [4.78, 5) is 12.4. The number of benzene rings is 1. The molecule has 1 heteroatoms. The predicted molar refractivity (Wildman–Crippen MR) is 87.0 cm³/mol. The Kier molecular flexibility index (Phi) is 6.45. The molecule has 20 heavy (non-hydrogen) atoms. The molecular weight excluding hydrogens is 244 g/mol. The number of ketones is 1. The number of rotatable bonds is 7. The molecule has 0 saturated carbocycles. The van der Waals surface area contributed by atoms with E-state index in [-0.39, 0.29) is 11.8 Å². The minimum Gasteiger partial charge on any atom is -0.299 e. The van der Waals surface area contributed by atoms with Crippen molar-refractivity contribution in [2.45, 2.75) is 60.3 Å². The average Bonchev–Trinajstić information content (AvgIpc) is 2.37. The minimum absolute atomic E-state index is 0.133. The molecule has 1 aromatic rings. The van der Waals surface area contributed by atoms with Gasteiger partial charge in [-0.3, -0.25) is 4.79 Å². The van der Waals surface area contributed by atoms with Gasteiger partial charge in [0, 0.05) is 11.8 Å². The molecule has 0 saturated heterocycles. The molecule has 0 N–H and O–H groups in total. The number of carbonyl (C=O) groups is 1. The predicted octanol–water partition coefficient (Wildman–Crippen LogP) is 5.24. The molecule has 112 valence electrons. The van der Waals surface area contributed by atoms with E-state index in [1.807, 2.05) is 13.8 Å². The van der Waals surface area contributed by atoms with Crippen molar-refractivity contribution in [3.05, 3.63) is 35.4 Å². The lowest BCUT2D eigenvalue weighted by Gasteiger charge is -2.20. The molecule has 0 heterocycles. The van der Waals surface area contributed by atoms with Crippen molar-refractivity contribution in [2.75, 3.05) is 0 Å². The van der Waals surface area contributed by atoms with Gasteiger partial charge in [0.25, 0.3) is 0 Å². The van der Waals surface area contributed by atoms with Crippen molar-refractivity contribution in [1.29, 1.82) is 0 Å². The first-order valence-electron chi connectivity index (χ1n) is 7.93. The van der Waals surface area contributed by atoms with Crippen LogP contribution in [0, 0.1) is 17.8 Å². The molecular formula is C19H30O. The molecule has 1 unspecified atom stereocenters. The van der Waals surface area contributed by atoms with Crippen LogP contribution in [0.1, 0.15) is 65.0 Å². The Morgan fingerprint density at radius 1 is 0.950 bits per heavy atom. The van der Waals surface area contributed by atoms with E-state index in [0.717, 1.165) is 12.8 Å². The van der Waals surface area contributed by atoms with Gasteiger partial charge in [-0.15, -0.1) is 0 Å². The van der Waals surface area contributed by atoms with Gasteiger partial charge in [0.1, 0.15) is 5.78 Å². The maximum absolute atomic E-state index is 12.4. The van der Waals surface area contributed by atoms with Crippen LogP contribution in [0.25, 0.3) is 0 Å². The van der Waals surface area contributed by atoms with E-state index in [0.29, 0.717) is 17.6 Å². The topological polar surface area (TPSA) is 17.1 Å². The van der Waals surface area contributed by atoms with Gasteiger partial charge in [-0.05, 0) is 35.8 Å². The SMILES string of the molecule is CC(C)CC(Cc1ccc(C(C)C)cc1)C(=O)C(C)C. The van der Waals surface area contributed by atoms with Crippen molar-refractivity contribution >= 4 is 5.78 Å². The second-order valence-electron chi connectivity index (χ2n) is 6.98. The second kappa shape index (κ2) is 7.61. The molecule has 0 aliphatic carbocycles. The fourth-order valence-corrected chi connectivity index (χ4v) is 2.66. The van der Waals surface area contributed by atoms with Crippen LogP contribution in [0.5, 0.6) is 0 Å². The van der Waals surface area contributed by atoms with Crippen LogP contribution in [0.15, 0.2) is 24.3 Å². The highest BCUT2D eigenvalue weighted by Gasteiger charge is 2.22. The van der Waals surface area contributed by atoms with Gasteiger partial charge in [-0.25, -0.2) is 0 Å². The van der Waals surface area contributed by atoms with Crippen LogP contribution in [0.3, 0.4) is 0 Å². The fourth-order valence-electron chi connectivity index (χ4n) is 2.66. The number of Topliss-reactive ketones (excluding diaryl/α,β-unsaturated/α-hetero) is 1. The first-order chi connectivity index (χ1) is 9.31. The lowest BCUT2D eigenvalue weighted by atomic mass is 9.83. The highest BCUT2D eigenvalue weighted by Crippen LogP contribution is 2.23. The van der Waals surface area contributed by atoms with Crippen LogP contribution in [-0.2, 0) is 11.2 Å². The first kappa shape index (κ1) is 16.9. The molecule has 0 aliphatic rings. The smallest absolute Gasteiger partial charge is 0.138 e. The third kappa shape index (κ3) is 5.11. The van der Waals surface area contributed by atoms with E-state index < -0.39 is 0 Å². The third-order valence-electron chi connectivity index (χ3n) is 3.86. The lowest BCUT2D eigenvalue weighted by Crippen LogP contribution is -2.23. The summed E-state index contributed by atoms with van der Waals surface area (Å²) in [7, 11) is 0. The third-order valence-corrected chi connectivity index (χ3v) is 3.86. The van der Waals surface area contributed by atoms with E-state index in [4.69, 9.17) is 0 Å². The number of carbonyl (C=O) groups excluding carboxylic acids is 1. The van der Waals surface area contributed by atoms with E-state index >= 15 is 0 Å². The van der Waals surface area contributed by atoms with Gasteiger partial charge in [0.2, 0.25) is 0 Å². The van der Waals surface area contributed by atoms with Crippen LogP contribution in [-0.4, -0.2) is 5.78 Å². The average molecular weight is 274 g/mol. The van der Waals surface area contributed by atoms with Crippen LogP contribution >= 0.6 is 0 Å². The molecule has 0 bridgehead atoms. The zero-order valence-corrected chi connectivity index (χ0v) is 13.9. The summed E-state index contributed by atoms with van der Waals surface area (Å²) in [6.45, 7) is 12.8. The maximum Gasteiger partial charge on any atom is 0.138 e. The quantitative estimate of drug-likeness (QED) is 0.664. The normalized spacial score (nSPS) is 13.2. The van der Waals surface area contributed by atoms with E-state index in [1.165, 1.54) is 11.1 Å². The lowest BCUT2D eigenvalue weighted by molar-refractivity contribution is -0.126. The van der Waals surface area contributed by atoms with E-state index in [1.54, 1.807) is 0 Å². The standard InChI is InChI=1S/C19H30O/c1-13(2)11-18(19(20)15(5)6)12-16-7-9-17(10-8-16)14(3)4/h7-10,13-15,18H,11-12H2,1-6H3. The van der Waals surface area contributed by atoms with Crippen molar-refractivity contribution in [1.82, 2.24) is 0 Å². The molecule has 0 fully saturated rings. The largest absolute Gasteiger partial charge is 0.299 e. The summed E-state index contributed by atoms with van der Waals surface area (Å²) < 4.78 is 0. The molecule has 0 amide bonds. The van der Waals surface area contributed by atoms with Crippen molar-refractivity contribution in [2.24, 2.45) is 17.8 Å². The van der Waals surface area contributed by atoms with Gasteiger partial charge in [-0.2, -0.15) is 0 Å². The maximum atomic E-state index is 12.4. The monoisotopic (exact) mass is 274 g/mol. The zero-order valence-electron chi connectivity index (χ0n) is 13.9. The second-order valence-corrected chi connectivity index (χ2v) is 6.98. The summed E-state index contributed by atoms with van der Waals surface area (Å²) in [5.74, 6) is 1.84. The van der Waals surface area contributed by atoms with Crippen LogP contribution in [0.2, 0.25) is 0 Å². The van der Waals surface area contributed by atoms with Crippen LogP contribution in [0.4, 0.5) is 0 Å².